The van der Waals surface area contributed by atoms with E-state index in [-0.39, 0.29) is 18.3 Å². The molecule has 6 heteroatoms. The zero-order chi connectivity index (χ0) is 16.1. The van der Waals surface area contributed by atoms with Gasteiger partial charge in [0, 0.05) is 6.07 Å². The van der Waals surface area contributed by atoms with Gasteiger partial charge >= 0.3 is 0 Å². The van der Waals surface area contributed by atoms with Gasteiger partial charge in [-0.2, -0.15) is 5.10 Å². The van der Waals surface area contributed by atoms with Crippen LogP contribution in [-0.4, -0.2) is 22.7 Å². The molecule has 0 spiro atoms. The van der Waals surface area contributed by atoms with E-state index in [0.717, 1.165) is 11.3 Å². The first kappa shape index (κ1) is 14.8. The quantitative estimate of drug-likeness (QED) is 0.760. The van der Waals surface area contributed by atoms with Crippen LogP contribution in [0.25, 0.3) is 11.3 Å². The zero-order valence-electron chi connectivity index (χ0n) is 12.1. The first-order chi connectivity index (χ1) is 11.2. The third-order valence-corrected chi connectivity index (χ3v) is 3.11. The third-order valence-electron chi connectivity index (χ3n) is 3.11. The molecule has 0 bridgehead atoms. The number of nitrogens with one attached hydrogen (secondary N) is 2. The molecule has 2 aromatic carbocycles. The maximum atomic E-state index is 12.8. The lowest BCUT2D eigenvalue weighted by atomic mass is 10.2. The predicted octanol–water partition coefficient (Wildman–Crippen LogP) is 3.23. The number of carbonyl (C=O) groups is 1. The average molecular weight is 311 g/mol. The standard InChI is InChI=1S/C17H14FN3O2/c18-13-6-8-14(9-7-13)23-11-17(22)19-16-10-15(20-21-16)12-4-2-1-3-5-12/h1-10H,11H2,(H2,19,20,21,22). The van der Waals surface area contributed by atoms with Gasteiger partial charge in [0.1, 0.15) is 11.6 Å². The smallest absolute Gasteiger partial charge is 0.263 e. The first-order valence-electron chi connectivity index (χ1n) is 7.00. The van der Waals surface area contributed by atoms with E-state index >= 15 is 0 Å². The molecule has 2 N–H and O–H groups in total. The number of ether oxygens (including phenoxy) is 1. The summed E-state index contributed by atoms with van der Waals surface area (Å²) in [5, 5.41) is 9.53. The lowest BCUT2D eigenvalue weighted by Gasteiger charge is -2.05. The van der Waals surface area contributed by atoms with Gasteiger partial charge in [-0.1, -0.05) is 30.3 Å². The molecule has 1 heterocycles. The van der Waals surface area contributed by atoms with Gasteiger partial charge in [-0.25, -0.2) is 4.39 Å². The van der Waals surface area contributed by atoms with Crippen molar-refractivity contribution in [2.75, 3.05) is 11.9 Å². The van der Waals surface area contributed by atoms with E-state index in [2.05, 4.69) is 15.5 Å². The molecule has 0 atom stereocenters. The normalized spacial score (nSPS) is 10.3. The van der Waals surface area contributed by atoms with Gasteiger partial charge in [-0.3, -0.25) is 9.89 Å². The van der Waals surface area contributed by atoms with Crippen molar-refractivity contribution in [3.05, 3.63) is 66.5 Å². The Balaban J connectivity index is 1.56. The SMILES string of the molecule is O=C(COc1ccc(F)cc1)Nc1cc(-c2ccccc2)[nH]n1. The molecule has 0 aliphatic rings. The molecule has 116 valence electrons. The number of aromatic amines is 1. The molecule has 0 saturated carbocycles. The van der Waals surface area contributed by atoms with E-state index in [0.29, 0.717) is 11.6 Å². The van der Waals surface area contributed by atoms with Crippen LogP contribution in [0.15, 0.2) is 60.7 Å². The Morgan fingerprint density at radius 2 is 1.87 bits per heavy atom. The first-order valence-corrected chi connectivity index (χ1v) is 7.00. The summed E-state index contributed by atoms with van der Waals surface area (Å²) in [6, 6.07) is 16.9. The van der Waals surface area contributed by atoms with E-state index in [1.807, 2.05) is 30.3 Å². The fraction of sp³-hybridized carbons (Fsp3) is 0.0588. The number of carbonyl (C=O) groups excluding carboxylic acids is 1. The van der Waals surface area contributed by atoms with Crippen LogP contribution in [0.5, 0.6) is 5.75 Å². The van der Waals surface area contributed by atoms with Crippen molar-refractivity contribution in [2.24, 2.45) is 0 Å². The molecular formula is C17H14FN3O2. The lowest BCUT2D eigenvalue weighted by Crippen LogP contribution is -2.20. The van der Waals surface area contributed by atoms with Gasteiger partial charge in [-0.15, -0.1) is 0 Å². The van der Waals surface area contributed by atoms with Gasteiger partial charge in [0.2, 0.25) is 0 Å². The number of anilines is 1. The number of nitrogens with zero attached hydrogens (tertiary/aromatic N) is 1. The predicted molar refractivity (Wildman–Crippen MR) is 84.5 cm³/mol. The molecule has 3 rings (SSSR count). The number of aromatic nitrogens is 2. The number of rotatable bonds is 5. The second-order valence-corrected chi connectivity index (χ2v) is 4.82. The van der Waals surface area contributed by atoms with Crippen LogP contribution in [0.3, 0.4) is 0 Å². The number of hydrogen-bond acceptors (Lipinski definition) is 3. The number of H-pyrrole nitrogens is 1. The van der Waals surface area contributed by atoms with Crippen LogP contribution in [0.1, 0.15) is 0 Å². The average Bonchev–Trinajstić information content (AvgIpc) is 3.04. The Bertz CT molecular complexity index is 785. The minimum Gasteiger partial charge on any atom is -0.484 e. The summed E-state index contributed by atoms with van der Waals surface area (Å²) in [5.74, 6) is 0.136. The van der Waals surface area contributed by atoms with E-state index in [1.54, 1.807) is 6.07 Å². The molecule has 1 aromatic heterocycles. The highest BCUT2D eigenvalue weighted by atomic mass is 19.1. The maximum Gasteiger partial charge on any atom is 0.263 e. The van der Waals surface area contributed by atoms with Crippen molar-refractivity contribution >= 4 is 11.7 Å². The highest BCUT2D eigenvalue weighted by Crippen LogP contribution is 2.19. The monoisotopic (exact) mass is 311 g/mol. The molecule has 23 heavy (non-hydrogen) atoms. The summed E-state index contributed by atoms with van der Waals surface area (Å²) in [6.45, 7) is -0.181. The summed E-state index contributed by atoms with van der Waals surface area (Å²) in [7, 11) is 0. The number of hydrogen-bond donors (Lipinski definition) is 2. The maximum absolute atomic E-state index is 12.8. The Morgan fingerprint density at radius 1 is 1.13 bits per heavy atom. The Hall–Kier alpha value is -3.15. The fourth-order valence-electron chi connectivity index (χ4n) is 2.01. The Morgan fingerprint density at radius 3 is 2.61 bits per heavy atom. The Labute approximate surface area is 132 Å². The highest BCUT2D eigenvalue weighted by molar-refractivity contribution is 5.91. The van der Waals surface area contributed by atoms with E-state index in [9.17, 15) is 9.18 Å². The highest BCUT2D eigenvalue weighted by Gasteiger charge is 2.08. The molecule has 1 amide bonds. The summed E-state index contributed by atoms with van der Waals surface area (Å²) in [6.07, 6.45) is 0. The topological polar surface area (TPSA) is 67.0 Å². The third kappa shape index (κ3) is 3.94. The lowest BCUT2D eigenvalue weighted by molar-refractivity contribution is -0.118. The Kier molecular flexibility index (Phi) is 4.33. The molecule has 0 saturated heterocycles. The molecular weight excluding hydrogens is 297 g/mol. The number of amides is 1. The summed E-state index contributed by atoms with van der Waals surface area (Å²) >= 11 is 0. The van der Waals surface area contributed by atoms with Gasteiger partial charge in [-0.05, 0) is 29.8 Å². The van der Waals surface area contributed by atoms with Gasteiger partial charge in [0.15, 0.2) is 12.4 Å². The minimum atomic E-state index is -0.355. The summed E-state index contributed by atoms with van der Waals surface area (Å²) < 4.78 is 18.0. The second kappa shape index (κ2) is 6.74. The second-order valence-electron chi connectivity index (χ2n) is 4.82. The van der Waals surface area contributed by atoms with E-state index < -0.39 is 0 Å². The van der Waals surface area contributed by atoms with Gasteiger partial charge in [0.05, 0.1) is 5.69 Å². The van der Waals surface area contributed by atoms with Crippen molar-refractivity contribution in [3.8, 4) is 17.0 Å². The van der Waals surface area contributed by atoms with Crippen molar-refractivity contribution in [1.82, 2.24) is 10.2 Å². The van der Waals surface area contributed by atoms with E-state index in [1.165, 1.54) is 24.3 Å². The zero-order valence-corrected chi connectivity index (χ0v) is 12.1. The van der Waals surface area contributed by atoms with Gasteiger partial charge in [0.25, 0.3) is 5.91 Å². The fourth-order valence-corrected chi connectivity index (χ4v) is 2.01. The minimum absolute atomic E-state index is 0.181. The van der Waals surface area contributed by atoms with Crippen LogP contribution < -0.4 is 10.1 Å². The largest absolute Gasteiger partial charge is 0.484 e. The van der Waals surface area contributed by atoms with Crippen LogP contribution in [0, 0.1) is 5.82 Å². The van der Waals surface area contributed by atoms with Crippen LogP contribution >= 0.6 is 0 Å². The molecule has 0 fully saturated rings. The number of benzene rings is 2. The van der Waals surface area contributed by atoms with Crippen molar-refractivity contribution in [2.45, 2.75) is 0 Å². The molecule has 0 aliphatic carbocycles. The summed E-state index contributed by atoms with van der Waals surface area (Å²) in [5.41, 5.74) is 1.78. The molecule has 0 unspecified atom stereocenters. The summed E-state index contributed by atoms with van der Waals surface area (Å²) in [4.78, 5) is 11.8. The molecule has 0 aliphatic heterocycles. The van der Waals surface area contributed by atoms with E-state index in [4.69, 9.17) is 4.74 Å². The van der Waals surface area contributed by atoms with Crippen LogP contribution in [0.2, 0.25) is 0 Å². The van der Waals surface area contributed by atoms with Crippen molar-refractivity contribution < 1.29 is 13.9 Å². The van der Waals surface area contributed by atoms with Crippen molar-refractivity contribution in [1.29, 1.82) is 0 Å². The van der Waals surface area contributed by atoms with Crippen LogP contribution in [0.4, 0.5) is 10.2 Å². The molecule has 3 aromatic rings. The van der Waals surface area contributed by atoms with Crippen molar-refractivity contribution in [3.63, 3.8) is 0 Å². The van der Waals surface area contributed by atoms with Gasteiger partial charge < -0.3 is 10.1 Å². The van der Waals surface area contributed by atoms with Crippen LogP contribution in [-0.2, 0) is 4.79 Å². The molecule has 0 radical (unpaired) electrons. The molecule has 5 nitrogen and oxygen atoms in total. The number of halogens is 1.